The van der Waals surface area contributed by atoms with Gasteiger partial charge < -0.3 is 24.9 Å². The minimum absolute atomic E-state index is 0.0572. The van der Waals surface area contributed by atoms with Crippen LogP contribution in [-0.4, -0.2) is 37.5 Å². The topological polar surface area (TPSA) is 123 Å². The van der Waals surface area contributed by atoms with Crippen molar-refractivity contribution in [3.8, 4) is 5.69 Å². The van der Waals surface area contributed by atoms with Crippen molar-refractivity contribution in [1.29, 1.82) is 0 Å². The highest BCUT2D eigenvalue weighted by Gasteiger charge is 2.35. The Morgan fingerprint density at radius 3 is 2.58 bits per heavy atom. The first-order valence-corrected chi connectivity index (χ1v) is 12.2. The van der Waals surface area contributed by atoms with Crippen molar-refractivity contribution in [1.82, 2.24) is 24.3 Å². The lowest BCUT2D eigenvalue weighted by Gasteiger charge is -2.16. The molecular formula is C27H23F3N6O4. The number of aryl methyl sites for hydroxylation is 1. The van der Waals surface area contributed by atoms with Crippen molar-refractivity contribution >= 4 is 34.4 Å². The van der Waals surface area contributed by atoms with E-state index in [9.17, 15) is 27.6 Å². The van der Waals surface area contributed by atoms with E-state index in [2.05, 4.69) is 20.6 Å². The molecule has 0 aliphatic rings. The summed E-state index contributed by atoms with van der Waals surface area (Å²) in [4.78, 5) is 43.8. The molecule has 0 atom stereocenters. The van der Waals surface area contributed by atoms with Crippen molar-refractivity contribution in [2.24, 2.45) is 0 Å². The van der Waals surface area contributed by atoms with Crippen molar-refractivity contribution in [3.05, 3.63) is 93.8 Å². The molecule has 0 saturated carbocycles. The number of urea groups is 1. The highest BCUT2D eigenvalue weighted by molar-refractivity contribution is 5.91. The van der Waals surface area contributed by atoms with Crippen LogP contribution in [0.15, 0.2) is 65.7 Å². The smallest absolute Gasteiger partial charge is 0.418 e. The summed E-state index contributed by atoms with van der Waals surface area (Å²) in [5.74, 6) is -0.748. The number of carbonyl (C=O) groups excluding carboxylic acids is 2. The minimum atomic E-state index is -4.76. The second kappa shape index (κ2) is 10.2. The van der Waals surface area contributed by atoms with Crippen LogP contribution in [0.25, 0.3) is 22.4 Å². The summed E-state index contributed by atoms with van der Waals surface area (Å²) in [6.07, 6.45) is -1.85. The highest BCUT2D eigenvalue weighted by atomic mass is 19.4. The number of halogens is 3. The van der Waals surface area contributed by atoms with Crippen LogP contribution in [0.5, 0.6) is 0 Å². The molecule has 2 amide bonds. The van der Waals surface area contributed by atoms with Gasteiger partial charge in [0, 0.05) is 24.6 Å². The van der Waals surface area contributed by atoms with Crippen LogP contribution in [0.4, 0.5) is 23.7 Å². The number of hydrogen-bond donors (Lipinski definition) is 3. The lowest BCUT2D eigenvalue weighted by atomic mass is 10.1. The third kappa shape index (κ3) is 5.00. The van der Waals surface area contributed by atoms with Crippen LogP contribution >= 0.6 is 0 Å². The van der Waals surface area contributed by atoms with Gasteiger partial charge in [-0.15, -0.1) is 0 Å². The second-order valence-electron chi connectivity index (χ2n) is 8.86. The van der Waals surface area contributed by atoms with Gasteiger partial charge in [-0.25, -0.2) is 14.6 Å². The van der Waals surface area contributed by atoms with E-state index < -0.39 is 29.3 Å². The largest absolute Gasteiger partial charge is 0.461 e. The summed E-state index contributed by atoms with van der Waals surface area (Å²) in [6, 6.07) is 12.0. The zero-order valence-corrected chi connectivity index (χ0v) is 21.3. The molecule has 0 spiro atoms. The highest BCUT2D eigenvalue weighted by Crippen LogP contribution is 2.36. The normalized spacial score (nSPS) is 11.6. The van der Waals surface area contributed by atoms with Gasteiger partial charge in [-0.1, -0.05) is 18.2 Å². The Balaban J connectivity index is 1.55. The number of aromatic amines is 1. The molecule has 3 heterocycles. The fourth-order valence-electron chi connectivity index (χ4n) is 4.40. The van der Waals surface area contributed by atoms with Gasteiger partial charge in [-0.05, 0) is 49.7 Å². The van der Waals surface area contributed by atoms with Crippen LogP contribution in [0.1, 0.15) is 34.2 Å². The van der Waals surface area contributed by atoms with Gasteiger partial charge in [0.1, 0.15) is 0 Å². The summed E-state index contributed by atoms with van der Waals surface area (Å²) in [7, 11) is 0. The quantitative estimate of drug-likeness (QED) is 0.262. The monoisotopic (exact) mass is 552 g/mol. The van der Waals surface area contributed by atoms with Gasteiger partial charge in [0.25, 0.3) is 5.56 Å². The van der Waals surface area contributed by atoms with Crippen molar-refractivity contribution < 1.29 is 27.5 Å². The molecule has 10 nitrogen and oxygen atoms in total. The molecule has 0 bridgehead atoms. The van der Waals surface area contributed by atoms with E-state index in [0.717, 1.165) is 6.07 Å². The predicted octanol–water partition coefficient (Wildman–Crippen LogP) is 4.79. The van der Waals surface area contributed by atoms with Crippen LogP contribution < -0.4 is 16.2 Å². The number of nitrogens with zero attached hydrogens (tertiary/aromatic N) is 3. The first kappa shape index (κ1) is 26.5. The maximum atomic E-state index is 14.2. The third-order valence-corrected chi connectivity index (χ3v) is 6.21. The molecule has 0 fully saturated rings. The van der Waals surface area contributed by atoms with Gasteiger partial charge in [0.05, 0.1) is 34.6 Å². The molecule has 0 saturated heterocycles. The Bertz CT molecular complexity index is 1800. The van der Waals surface area contributed by atoms with Crippen LogP contribution in [0, 0.1) is 6.92 Å². The van der Waals surface area contributed by atoms with E-state index in [0.29, 0.717) is 11.3 Å². The molecular weight excluding hydrogens is 529 g/mol. The summed E-state index contributed by atoms with van der Waals surface area (Å²) in [6.45, 7) is 3.29. The number of fused-ring (bicyclic) bond motifs is 3. The number of esters is 1. The average molecular weight is 553 g/mol. The Morgan fingerprint density at radius 2 is 1.88 bits per heavy atom. The molecule has 0 unspecified atom stereocenters. The molecule has 5 rings (SSSR count). The van der Waals surface area contributed by atoms with Gasteiger partial charge in [0.2, 0.25) is 5.65 Å². The molecule has 13 heteroatoms. The predicted molar refractivity (Wildman–Crippen MR) is 141 cm³/mol. The maximum absolute atomic E-state index is 14.2. The van der Waals surface area contributed by atoms with E-state index in [1.807, 2.05) is 6.07 Å². The summed E-state index contributed by atoms with van der Waals surface area (Å²) in [5.41, 5.74) is -0.725. The van der Waals surface area contributed by atoms with Crippen LogP contribution in [0.3, 0.4) is 0 Å². The number of anilines is 1. The third-order valence-electron chi connectivity index (χ3n) is 6.21. The Labute approximate surface area is 224 Å². The van der Waals surface area contributed by atoms with Gasteiger partial charge in [-0.3, -0.25) is 9.20 Å². The minimum Gasteiger partial charge on any atom is -0.461 e. The lowest BCUT2D eigenvalue weighted by molar-refractivity contribution is -0.137. The van der Waals surface area contributed by atoms with E-state index >= 15 is 0 Å². The van der Waals surface area contributed by atoms with Crippen molar-refractivity contribution in [2.75, 3.05) is 11.9 Å². The molecule has 0 aliphatic carbocycles. The van der Waals surface area contributed by atoms with E-state index in [-0.39, 0.29) is 46.9 Å². The first-order valence-electron chi connectivity index (χ1n) is 12.2. The average Bonchev–Trinajstić information content (AvgIpc) is 3.52. The Kier molecular flexibility index (Phi) is 6.80. The molecule has 0 aliphatic heterocycles. The van der Waals surface area contributed by atoms with Gasteiger partial charge in [0.15, 0.2) is 5.69 Å². The lowest BCUT2D eigenvalue weighted by Crippen LogP contribution is -2.27. The van der Waals surface area contributed by atoms with Crippen LogP contribution in [0.2, 0.25) is 0 Å². The molecule has 206 valence electrons. The molecule has 40 heavy (non-hydrogen) atoms. The molecule has 0 radical (unpaired) electrons. The number of ether oxygens (including phenoxy) is 1. The fraction of sp³-hybridized carbons (Fsp3) is 0.185. The van der Waals surface area contributed by atoms with Crippen LogP contribution in [-0.2, 0) is 17.5 Å². The molecule has 5 aromatic rings. The molecule has 2 aromatic carbocycles. The van der Waals surface area contributed by atoms with Gasteiger partial charge in [-0.2, -0.15) is 13.2 Å². The number of para-hydroxylation sites is 1. The first-order chi connectivity index (χ1) is 19.1. The van der Waals surface area contributed by atoms with E-state index in [1.54, 1.807) is 37.3 Å². The number of H-pyrrole nitrogens is 1. The number of alkyl halides is 3. The number of imidazole rings is 1. The number of nitrogens with one attached hydrogen (secondary N) is 3. The Morgan fingerprint density at radius 1 is 1.12 bits per heavy atom. The number of hydrogen-bond acceptors (Lipinski definition) is 5. The zero-order chi connectivity index (χ0) is 28.6. The number of benzene rings is 2. The number of carbonyl (C=O) groups is 2. The summed E-state index contributed by atoms with van der Waals surface area (Å²) >= 11 is 0. The van der Waals surface area contributed by atoms with E-state index in [4.69, 9.17) is 4.74 Å². The van der Waals surface area contributed by atoms with E-state index in [1.165, 1.54) is 34.4 Å². The maximum Gasteiger partial charge on any atom is 0.418 e. The molecule has 3 aromatic heterocycles. The number of aromatic nitrogens is 4. The summed E-state index contributed by atoms with van der Waals surface area (Å²) < 4.78 is 50.1. The number of rotatable bonds is 6. The Hall–Kier alpha value is -5.07. The van der Waals surface area contributed by atoms with Gasteiger partial charge >= 0.3 is 18.2 Å². The number of amides is 2. The zero-order valence-electron chi connectivity index (χ0n) is 21.3. The summed E-state index contributed by atoms with van der Waals surface area (Å²) in [5, 5.41) is 5.33. The standard InChI is InChI=1S/C27H23F3N6O4/c1-3-40-25(38)22-15(2)36-21-12-20(18(27(28,29)30)11-19(21)33-24(37)23(36)34-22)35-10-9-16(14-35)13-31-26(39)32-17-7-5-4-6-8-17/h4-12,14H,3,13H2,1-2H3,(H,33,37)(H2,31,32,39). The van der Waals surface area contributed by atoms with Crippen molar-refractivity contribution in [2.45, 2.75) is 26.6 Å². The second-order valence-corrected chi connectivity index (χ2v) is 8.86. The molecule has 3 N–H and O–H groups in total. The fourth-order valence-corrected chi connectivity index (χ4v) is 4.40. The van der Waals surface area contributed by atoms with Crippen molar-refractivity contribution in [3.63, 3.8) is 0 Å². The SMILES string of the molecule is CCOC(=O)c1nc2c(=O)[nH]c3cc(C(F)(F)F)c(-n4ccc(CNC(=O)Nc5ccccc5)c4)cc3n2c1C.